The van der Waals surface area contributed by atoms with Gasteiger partial charge in [0.1, 0.15) is 5.82 Å². The first kappa shape index (κ1) is 23.0. The number of H-pyrrole nitrogens is 2. The molecule has 184 valence electrons. The Kier molecular flexibility index (Phi) is 6.25. The van der Waals surface area contributed by atoms with Crippen LogP contribution in [0.3, 0.4) is 0 Å². The Balaban J connectivity index is 1.49. The minimum absolute atomic E-state index is 0.102. The number of likely N-dealkylation sites (N-methyl/N-ethyl adjacent to an activating group) is 1. The Bertz CT molecular complexity index is 1340. The number of halogens is 2. The van der Waals surface area contributed by atoms with Crippen molar-refractivity contribution in [3.05, 3.63) is 47.3 Å². The van der Waals surface area contributed by atoms with Gasteiger partial charge in [0.25, 0.3) is 0 Å². The summed E-state index contributed by atoms with van der Waals surface area (Å²) in [7, 11) is 2.07. The van der Waals surface area contributed by atoms with Crippen LogP contribution in [0.2, 0.25) is 0 Å². The number of hydrogen-bond acceptors (Lipinski definition) is 7. The highest BCUT2D eigenvalue weighted by atomic mass is 19.1. The van der Waals surface area contributed by atoms with Crippen LogP contribution in [0.4, 0.5) is 26.4 Å². The third kappa shape index (κ3) is 4.90. The van der Waals surface area contributed by atoms with E-state index in [-0.39, 0.29) is 28.5 Å². The van der Waals surface area contributed by atoms with Crippen molar-refractivity contribution < 1.29 is 13.5 Å². The summed E-state index contributed by atoms with van der Waals surface area (Å²) in [6.07, 6.45) is 1.86. The van der Waals surface area contributed by atoms with Gasteiger partial charge in [-0.05, 0) is 26.5 Å². The number of aryl methyl sites for hydroxylation is 2. The quantitative estimate of drug-likeness (QED) is 0.357. The number of piperazine rings is 1. The van der Waals surface area contributed by atoms with Crippen molar-refractivity contribution >= 4 is 28.5 Å². The molecule has 1 aromatic carbocycles. The van der Waals surface area contributed by atoms with E-state index in [9.17, 15) is 4.39 Å². The number of nitrogens with one attached hydrogen (secondary N) is 3. The third-order valence-electron chi connectivity index (χ3n) is 6.02. The van der Waals surface area contributed by atoms with Crippen molar-refractivity contribution in [1.82, 2.24) is 30.0 Å². The number of anilines is 3. The predicted molar refractivity (Wildman–Crippen MR) is 131 cm³/mol. The van der Waals surface area contributed by atoms with E-state index in [0.717, 1.165) is 50.8 Å². The SMILES string of the molecule is CCCc1cc(Nc2nc(Oc3cc(F)c4[nH]c(C)cc4c3F)cc(N3CCN(C)CC3)n2)n[nH]1. The van der Waals surface area contributed by atoms with Gasteiger partial charge >= 0.3 is 0 Å². The summed E-state index contributed by atoms with van der Waals surface area (Å²) < 4.78 is 35.6. The molecule has 0 atom stereocenters. The number of aromatic nitrogens is 5. The molecule has 4 heterocycles. The van der Waals surface area contributed by atoms with Crippen molar-refractivity contribution in [2.24, 2.45) is 0 Å². The smallest absolute Gasteiger partial charge is 0.233 e. The number of fused-ring (bicyclic) bond motifs is 1. The van der Waals surface area contributed by atoms with Gasteiger partial charge < -0.3 is 24.8 Å². The second-order valence-electron chi connectivity index (χ2n) is 8.85. The van der Waals surface area contributed by atoms with Gasteiger partial charge in [-0.1, -0.05) is 13.3 Å². The topological polar surface area (TPSA) is 98.0 Å². The lowest BCUT2D eigenvalue weighted by Crippen LogP contribution is -2.44. The molecule has 5 rings (SSSR count). The molecule has 0 radical (unpaired) electrons. The highest BCUT2D eigenvalue weighted by Gasteiger charge is 2.21. The maximum absolute atomic E-state index is 15.2. The maximum Gasteiger partial charge on any atom is 0.233 e. The van der Waals surface area contributed by atoms with Crippen molar-refractivity contribution in [2.45, 2.75) is 26.7 Å². The van der Waals surface area contributed by atoms with E-state index in [2.05, 4.69) is 54.2 Å². The van der Waals surface area contributed by atoms with E-state index >= 15 is 4.39 Å². The van der Waals surface area contributed by atoms with Crippen LogP contribution < -0.4 is 15.0 Å². The van der Waals surface area contributed by atoms with Crippen LogP contribution in [-0.2, 0) is 6.42 Å². The van der Waals surface area contributed by atoms with E-state index < -0.39 is 11.6 Å². The fourth-order valence-electron chi connectivity index (χ4n) is 4.18. The van der Waals surface area contributed by atoms with Crippen LogP contribution in [-0.4, -0.2) is 63.3 Å². The van der Waals surface area contributed by atoms with Crippen LogP contribution in [0.25, 0.3) is 10.9 Å². The molecule has 1 saturated heterocycles. The summed E-state index contributed by atoms with van der Waals surface area (Å²) in [4.78, 5) is 16.2. The largest absolute Gasteiger partial charge is 0.436 e. The lowest BCUT2D eigenvalue weighted by molar-refractivity contribution is 0.312. The van der Waals surface area contributed by atoms with Crippen LogP contribution in [0, 0.1) is 18.6 Å². The second kappa shape index (κ2) is 9.49. The van der Waals surface area contributed by atoms with Gasteiger partial charge in [-0.15, -0.1) is 0 Å². The minimum atomic E-state index is -0.656. The number of ether oxygens (including phenoxy) is 1. The van der Waals surface area contributed by atoms with E-state index in [1.807, 2.05) is 6.07 Å². The van der Waals surface area contributed by atoms with Gasteiger partial charge in [-0.25, -0.2) is 8.78 Å². The fourth-order valence-corrected chi connectivity index (χ4v) is 4.18. The summed E-state index contributed by atoms with van der Waals surface area (Å²) in [5.41, 5.74) is 1.76. The Hall–Kier alpha value is -3.73. The van der Waals surface area contributed by atoms with Gasteiger partial charge in [0.15, 0.2) is 23.2 Å². The predicted octanol–water partition coefficient (Wildman–Crippen LogP) is 4.51. The first-order chi connectivity index (χ1) is 16.9. The van der Waals surface area contributed by atoms with E-state index in [4.69, 9.17) is 4.74 Å². The molecule has 0 saturated carbocycles. The van der Waals surface area contributed by atoms with Crippen LogP contribution >= 0.6 is 0 Å². The Morgan fingerprint density at radius 3 is 2.66 bits per heavy atom. The molecule has 1 aliphatic heterocycles. The van der Waals surface area contributed by atoms with Crippen molar-refractivity contribution in [3.63, 3.8) is 0 Å². The van der Waals surface area contributed by atoms with Gasteiger partial charge in [-0.2, -0.15) is 15.1 Å². The zero-order valence-corrected chi connectivity index (χ0v) is 20.0. The summed E-state index contributed by atoms with van der Waals surface area (Å²) in [5, 5.41) is 10.5. The summed E-state index contributed by atoms with van der Waals surface area (Å²) >= 11 is 0. The van der Waals surface area contributed by atoms with E-state index in [0.29, 0.717) is 17.3 Å². The maximum atomic E-state index is 15.2. The highest BCUT2D eigenvalue weighted by molar-refractivity contribution is 5.83. The molecule has 0 amide bonds. The van der Waals surface area contributed by atoms with Gasteiger partial charge in [0.05, 0.1) is 5.52 Å². The molecule has 3 N–H and O–H groups in total. The van der Waals surface area contributed by atoms with Crippen molar-refractivity contribution in [2.75, 3.05) is 43.4 Å². The first-order valence-electron chi connectivity index (χ1n) is 11.7. The molecule has 9 nitrogen and oxygen atoms in total. The third-order valence-corrected chi connectivity index (χ3v) is 6.02. The number of aromatic amines is 2. The van der Waals surface area contributed by atoms with E-state index in [1.165, 1.54) is 0 Å². The number of hydrogen-bond donors (Lipinski definition) is 3. The average Bonchev–Trinajstić information content (AvgIpc) is 3.44. The average molecular weight is 483 g/mol. The molecule has 1 aliphatic rings. The molecule has 0 aliphatic carbocycles. The summed E-state index contributed by atoms with van der Waals surface area (Å²) in [6, 6.07) is 6.12. The standard InChI is InChI=1S/C24H28F2N8O/c1-4-5-15-11-19(32-31-15)28-24-29-20(34-8-6-33(3)7-9-34)13-21(30-24)35-18-12-17(25)23-16(22(18)26)10-14(2)27-23/h10-13,27H,4-9H2,1-3H3,(H2,28,29,30,31,32). The molecule has 0 spiro atoms. The number of nitrogens with zero attached hydrogens (tertiary/aromatic N) is 5. The molecule has 35 heavy (non-hydrogen) atoms. The first-order valence-corrected chi connectivity index (χ1v) is 11.7. The van der Waals surface area contributed by atoms with Gasteiger partial charge in [0.2, 0.25) is 11.8 Å². The monoisotopic (exact) mass is 482 g/mol. The lowest BCUT2D eigenvalue weighted by Gasteiger charge is -2.33. The van der Waals surface area contributed by atoms with Crippen LogP contribution in [0.5, 0.6) is 11.6 Å². The van der Waals surface area contributed by atoms with Gasteiger partial charge in [0, 0.05) is 61.2 Å². The molecule has 3 aromatic heterocycles. The minimum Gasteiger partial charge on any atom is -0.436 e. The van der Waals surface area contributed by atoms with E-state index in [1.54, 1.807) is 19.1 Å². The fraction of sp³-hybridized carbons (Fsp3) is 0.375. The second-order valence-corrected chi connectivity index (χ2v) is 8.85. The normalized spacial score (nSPS) is 14.6. The summed E-state index contributed by atoms with van der Waals surface area (Å²) in [5.74, 6) is 0.0579. The molecule has 0 bridgehead atoms. The molecule has 1 fully saturated rings. The number of rotatable bonds is 7. The zero-order chi connectivity index (χ0) is 24.5. The molecule has 4 aromatic rings. The highest BCUT2D eigenvalue weighted by Crippen LogP contribution is 2.33. The Morgan fingerprint density at radius 2 is 1.89 bits per heavy atom. The van der Waals surface area contributed by atoms with Crippen molar-refractivity contribution in [3.8, 4) is 11.6 Å². The Morgan fingerprint density at radius 1 is 1.09 bits per heavy atom. The molecule has 11 heteroatoms. The lowest BCUT2D eigenvalue weighted by atomic mass is 10.2. The molecular weight excluding hydrogens is 454 g/mol. The summed E-state index contributed by atoms with van der Waals surface area (Å²) in [6.45, 7) is 7.14. The van der Waals surface area contributed by atoms with Crippen molar-refractivity contribution in [1.29, 1.82) is 0 Å². The van der Waals surface area contributed by atoms with Crippen LogP contribution in [0.1, 0.15) is 24.7 Å². The Labute approximate surface area is 201 Å². The van der Waals surface area contributed by atoms with Gasteiger partial charge in [-0.3, -0.25) is 5.10 Å². The van der Waals surface area contributed by atoms with Crippen LogP contribution in [0.15, 0.2) is 24.3 Å². The zero-order valence-electron chi connectivity index (χ0n) is 20.0. The number of benzene rings is 1. The molecular formula is C24H28F2N8O. The molecule has 0 unspecified atom stereocenters.